The van der Waals surface area contributed by atoms with E-state index in [1.807, 2.05) is 38.1 Å². The quantitative estimate of drug-likeness (QED) is 0.882. The first-order valence-corrected chi connectivity index (χ1v) is 7.35. The topological polar surface area (TPSA) is 70.7 Å². The number of carbonyl (C=O) groups excluding carboxylic acids is 1. The number of carbonyl (C=O) groups is 1. The van der Waals surface area contributed by atoms with Gasteiger partial charge in [0.2, 0.25) is 5.91 Å². The Balaban J connectivity index is 2.30. The highest BCUT2D eigenvalue weighted by Crippen LogP contribution is 2.26. The maximum atomic E-state index is 12.1. The predicted octanol–water partition coefficient (Wildman–Crippen LogP) is 3.58. The summed E-state index contributed by atoms with van der Waals surface area (Å²) in [5.41, 5.74) is 1.58. The summed E-state index contributed by atoms with van der Waals surface area (Å²) in [5.74, 6) is 1.74. The lowest BCUT2D eigenvalue weighted by Crippen LogP contribution is -2.20. The monoisotopic (exact) mass is 286 g/mol. The van der Waals surface area contributed by atoms with E-state index >= 15 is 0 Å². The molecular formula is C16H22N4O. The molecule has 0 radical (unpaired) electrons. The average Bonchev–Trinajstić information content (AvgIpc) is 2.96. The fourth-order valence-corrected chi connectivity index (χ4v) is 1.88. The third-order valence-electron chi connectivity index (χ3n) is 3.54. The molecule has 1 unspecified atom stereocenters. The van der Waals surface area contributed by atoms with Crippen LogP contribution in [0.25, 0.3) is 11.4 Å². The first kappa shape index (κ1) is 15.2. The molecule has 2 N–H and O–H groups in total. The molecule has 0 saturated carbocycles. The Labute approximate surface area is 125 Å². The van der Waals surface area contributed by atoms with Crippen molar-refractivity contribution in [3.63, 3.8) is 0 Å². The SMILES string of the molecule is CCC(C)C(=O)Nc1ccccc1-c1n[nH]c(C(C)C)n1. The van der Waals surface area contributed by atoms with Gasteiger partial charge in [-0.15, -0.1) is 0 Å². The van der Waals surface area contributed by atoms with Crippen molar-refractivity contribution in [3.05, 3.63) is 30.1 Å². The Bertz CT molecular complexity index is 618. The normalized spacial score (nSPS) is 12.4. The summed E-state index contributed by atoms with van der Waals surface area (Å²) in [5, 5.41) is 10.2. The highest BCUT2D eigenvalue weighted by atomic mass is 16.1. The standard InChI is InChI=1S/C16H22N4O/c1-5-11(4)16(21)17-13-9-7-6-8-12(13)15-18-14(10(2)3)19-20-15/h6-11H,5H2,1-4H3,(H,17,21)(H,18,19,20). The molecule has 0 aliphatic carbocycles. The number of aromatic amines is 1. The fourth-order valence-electron chi connectivity index (χ4n) is 1.88. The van der Waals surface area contributed by atoms with Crippen molar-refractivity contribution in [2.24, 2.45) is 5.92 Å². The van der Waals surface area contributed by atoms with Crippen LogP contribution in [-0.2, 0) is 4.79 Å². The summed E-state index contributed by atoms with van der Waals surface area (Å²) in [6.07, 6.45) is 0.812. The molecule has 1 aromatic heterocycles. The van der Waals surface area contributed by atoms with Crippen LogP contribution in [0.5, 0.6) is 0 Å². The number of nitrogens with one attached hydrogen (secondary N) is 2. The smallest absolute Gasteiger partial charge is 0.227 e. The van der Waals surface area contributed by atoms with Crippen molar-refractivity contribution in [2.45, 2.75) is 40.0 Å². The molecule has 0 fully saturated rings. The third kappa shape index (κ3) is 3.48. The number of anilines is 1. The molecule has 0 aliphatic rings. The van der Waals surface area contributed by atoms with E-state index in [1.54, 1.807) is 0 Å². The highest BCUT2D eigenvalue weighted by Gasteiger charge is 2.16. The van der Waals surface area contributed by atoms with E-state index in [1.165, 1.54) is 0 Å². The Morgan fingerprint density at radius 2 is 2.00 bits per heavy atom. The number of hydrogen-bond acceptors (Lipinski definition) is 3. The number of amides is 1. The molecular weight excluding hydrogens is 264 g/mol. The number of nitrogens with zero attached hydrogens (tertiary/aromatic N) is 2. The fraction of sp³-hybridized carbons (Fsp3) is 0.438. The Kier molecular flexibility index (Phi) is 4.73. The number of benzene rings is 1. The largest absolute Gasteiger partial charge is 0.325 e. The number of aromatic nitrogens is 3. The second-order valence-corrected chi connectivity index (χ2v) is 5.54. The lowest BCUT2D eigenvalue weighted by atomic mass is 10.1. The Morgan fingerprint density at radius 1 is 1.29 bits per heavy atom. The molecule has 0 spiro atoms. The van der Waals surface area contributed by atoms with Crippen molar-refractivity contribution in [1.82, 2.24) is 15.2 Å². The lowest BCUT2D eigenvalue weighted by Gasteiger charge is -2.12. The van der Waals surface area contributed by atoms with E-state index in [2.05, 4.69) is 34.3 Å². The first-order chi connectivity index (χ1) is 10.0. The van der Waals surface area contributed by atoms with Crippen LogP contribution in [0.1, 0.15) is 45.9 Å². The van der Waals surface area contributed by atoms with Crippen LogP contribution >= 0.6 is 0 Å². The molecule has 2 aromatic rings. The van der Waals surface area contributed by atoms with Gasteiger partial charge in [-0.25, -0.2) is 4.98 Å². The maximum absolute atomic E-state index is 12.1. The van der Waals surface area contributed by atoms with Gasteiger partial charge < -0.3 is 5.32 Å². The molecule has 1 amide bonds. The Hall–Kier alpha value is -2.17. The van der Waals surface area contributed by atoms with E-state index in [-0.39, 0.29) is 17.7 Å². The van der Waals surface area contributed by atoms with E-state index in [9.17, 15) is 4.79 Å². The third-order valence-corrected chi connectivity index (χ3v) is 3.54. The van der Waals surface area contributed by atoms with Gasteiger partial charge in [0.05, 0.1) is 5.69 Å². The van der Waals surface area contributed by atoms with Gasteiger partial charge in [0, 0.05) is 17.4 Å². The summed E-state index contributed by atoms with van der Waals surface area (Å²) in [6, 6.07) is 7.60. The summed E-state index contributed by atoms with van der Waals surface area (Å²) in [4.78, 5) is 16.6. The van der Waals surface area contributed by atoms with Crippen LogP contribution in [0, 0.1) is 5.92 Å². The molecule has 5 nitrogen and oxygen atoms in total. The van der Waals surface area contributed by atoms with Crippen molar-refractivity contribution in [2.75, 3.05) is 5.32 Å². The molecule has 1 aromatic carbocycles. The Morgan fingerprint density at radius 3 is 2.62 bits per heavy atom. The van der Waals surface area contributed by atoms with Crippen LogP contribution < -0.4 is 5.32 Å². The van der Waals surface area contributed by atoms with Crippen LogP contribution in [0.4, 0.5) is 5.69 Å². The molecule has 1 atom stereocenters. The van der Waals surface area contributed by atoms with Crippen molar-refractivity contribution in [1.29, 1.82) is 0 Å². The second-order valence-electron chi connectivity index (χ2n) is 5.54. The van der Waals surface area contributed by atoms with Crippen molar-refractivity contribution in [3.8, 4) is 11.4 Å². The molecule has 0 bridgehead atoms. The zero-order valence-corrected chi connectivity index (χ0v) is 13.0. The molecule has 0 aliphatic heterocycles. The summed E-state index contributed by atoms with van der Waals surface area (Å²) in [6.45, 7) is 8.03. The van der Waals surface area contributed by atoms with Gasteiger partial charge in [-0.05, 0) is 18.6 Å². The average molecular weight is 286 g/mol. The van der Waals surface area contributed by atoms with Crippen LogP contribution in [0.2, 0.25) is 0 Å². The number of hydrogen-bond donors (Lipinski definition) is 2. The van der Waals surface area contributed by atoms with E-state index in [0.717, 1.165) is 23.5 Å². The molecule has 0 saturated heterocycles. The van der Waals surface area contributed by atoms with Gasteiger partial charge in [0.15, 0.2) is 5.82 Å². The summed E-state index contributed by atoms with van der Waals surface area (Å²) >= 11 is 0. The van der Waals surface area contributed by atoms with Gasteiger partial charge in [-0.3, -0.25) is 9.89 Å². The van der Waals surface area contributed by atoms with Crippen molar-refractivity contribution >= 4 is 11.6 Å². The van der Waals surface area contributed by atoms with E-state index in [0.29, 0.717) is 5.82 Å². The summed E-state index contributed by atoms with van der Waals surface area (Å²) in [7, 11) is 0. The van der Waals surface area contributed by atoms with Gasteiger partial charge >= 0.3 is 0 Å². The van der Waals surface area contributed by atoms with Crippen LogP contribution in [0.3, 0.4) is 0 Å². The van der Waals surface area contributed by atoms with E-state index < -0.39 is 0 Å². The van der Waals surface area contributed by atoms with Gasteiger partial charge in [0.25, 0.3) is 0 Å². The van der Waals surface area contributed by atoms with Gasteiger partial charge in [-0.2, -0.15) is 5.10 Å². The van der Waals surface area contributed by atoms with E-state index in [4.69, 9.17) is 0 Å². The first-order valence-electron chi connectivity index (χ1n) is 7.35. The van der Waals surface area contributed by atoms with Crippen molar-refractivity contribution < 1.29 is 4.79 Å². The number of H-pyrrole nitrogens is 1. The molecule has 1 heterocycles. The van der Waals surface area contributed by atoms with Gasteiger partial charge in [-0.1, -0.05) is 39.8 Å². The van der Waals surface area contributed by atoms with Crippen LogP contribution in [0.15, 0.2) is 24.3 Å². The maximum Gasteiger partial charge on any atom is 0.227 e. The molecule has 2 rings (SSSR count). The van der Waals surface area contributed by atoms with Crippen LogP contribution in [-0.4, -0.2) is 21.1 Å². The number of para-hydroxylation sites is 1. The molecule has 21 heavy (non-hydrogen) atoms. The highest BCUT2D eigenvalue weighted by molar-refractivity contribution is 5.95. The molecule has 5 heteroatoms. The minimum Gasteiger partial charge on any atom is -0.325 e. The number of rotatable bonds is 5. The zero-order valence-electron chi connectivity index (χ0n) is 13.0. The predicted molar refractivity (Wildman–Crippen MR) is 84.0 cm³/mol. The molecule has 112 valence electrons. The summed E-state index contributed by atoms with van der Waals surface area (Å²) < 4.78 is 0. The van der Waals surface area contributed by atoms with Gasteiger partial charge in [0.1, 0.15) is 5.82 Å². The lowest BCUT2D eigenvalue weighted by molar-refractivity contribution is -0.119. The minimum absolute atomic E-state index is 0.0172. The second kappa shape index (κ2) is 6.52. The minimum atomic E-state index is -0.0172. The zero-order chi connectivity index (χ0) is 15.4.